The Bertz CT molecular complexity index is 695. The number of anilines is 1. The zero-order valence-electron chi connectivity index (χ0n) is 15.7. The number of likely N-dealkylation sites (tertiary alicyclic amines) is 1. The van der Waals surface area contributed by atoms with Crippen LogP contribution in [-0.4, -0.2) is 35.2 Å². The molecule has 0 aromatic heterocycles. The summed E-state index contributed by atoms with van der Waals surface area (Å²) >= 11 is 5.21. The lowest BCUT2D eigenvalue weighted by Crippen LogP contribution is -2.53. The molecule has 3 rings (SSSR count). The maximum Gasteiger partial charge on any atom is 0.416 e. The van der Waals surface area contributed by atoms with Crippen molar-refractivity contribution in [3.05, 3.63) is 29.3 Å². The van der Waals surface area contributed by atoms with Gasteiger partial charge in [0, 0.05) is 17.8 Å². The number of thiocarbonyl (C=S) groups is 1. The van der Waals surface area contributed by atoms with Gasteiger partial charge in [-0.1, -0.05) is 12.8 Å². The Labute approximate surface area is 170 Å². The van der Waals surface area contributed by atoms with E-state index >= 15 is 0 Å². The Morgan fingerprint density at radius 1 is 0.862 bits per heavy atom. The predicted molar refractivity (Wildman–Crippen MR) is 103 cm³/mol. The summed E-state index contributed by atoms with van der Waals surface area (Å²) in [5.74, 6) is 0. The topological polar surface area (TPSA) is 27.3 Å². The monoisotopic (exact) mass is 439 g/mol. The van der Waals surface area contributed by atoms with Gasteiger partial charge in [0.2, 0.25) is 0 Å². The molecule has 162 valence electrons. The zero-order chi connectivity index (χ0) is 21.2. The Hall–Kier alpha value is -1.55. The number of hydrogen-bond donors (Lipinski definition) is 2. The minimum absolute atomic E-state index is 0.0229. The largest absolute Gasteiger partial charge is 0.416 e. The second kappa shape index (κ2) is 8.67. The van der Waals surface area contributed by atoms with E-state index in [4.69, 9.17) is 12.2 Å². The SMILES string of the molecule is FC(F)(F)c1cc(NC(=S)N[C@@H]2CCCC[C@H]2N2CCCC2)cc(C(F)(F)F)c1. The van der Waals surface area contributed by atoms with E-state index in [-0.39, 0.29) is 28.9 Å². The van der Waals surface area contributed by atoms with Gasteiger partial charge in [-0.05, 0) is 69.2 Å². The Balaban J connectivity index is 1.73. The lowest BCUT2D eigenvalue weighted by molar-refractivity contribution is -0.143. The summed E-state index contributed by atoms with van der Waals surface area (Å²) < 4.78 is 78.1. The number of benzene rings is 1. The predicted octanol–water partition coefficient (Wildman–Crippen LogP) is 5.42. The van der Waals surface area contributed by atoms with E-state index in [2.05, 4.69) is 15.5 Å². The van der Waals surface area contributed by atoms with Crippen LogP contribution in [0.15, 0.2) is 18.2 Å². The smallest absolute Gasteiger partial charge is 0.358 e. The van der Waals surface area contributed by atoms with E-state index in [1.165, 1.54) is 0 Å². The molecule has 2 aliphatic rings. The Kier molecular flexibility index (Phi) is 6.62. The Morgan fingerprint density at radius 2 is 1.41 bits per heavy atom. The summed E-state index contributed by atoms with van der Waals surface area (Å²) in [7, 11) is 0. The van der Waals surface area contributed by atoms with Crippen LogP contribution in [0, 0.1) is 0 Å². The molecule has 2 N–H and O–H groups in total. The van der Waals surface area contributed by atoms with Crippen LogP contribution in [0.1, 0.15) is 49.7 Å². The minimum atomic E-state index is -4.89. The molecule has 1 saturated heterocycles. The van der Waals surface area contributed by atoms with Crippen LogP contribution in [0.4, 0.5) is 32.0 Å². The average Bonchev–Trinajstić information content (AvgIpc) is 3.15. The fraction of sp³-hybridized carbons (Fsp3) is 0.632. The van der Waals surface area contributed by atoms with Gasteiger partial charge in [0.15, 0.2) is 5.11 Å². The zero-order valence-corrected chi connectivity index (χ0v) is 16.5. The van der Waals surface area contributed by atoms with Crippen LogP contribution in [0.3, 0.4) is 0 Å². The summed E-state index contributed by atoms with van der Waals surface area (Å²) in [5.41, 5.74) is -3.08. The van der Waals surface area contributed by atoms with Crippen molar-refractivity contribution < 1.29 is 26.3 Å². The third-order valence-corrected chi connectivity index (χ3v) is 5.72. The highest BCUT2D eigenvalue weighted by atomic mass is 32.1. The van der Waals surface area contributed by atoms with Crippen LogP contribution in [0.25, 0.3) is 0 Å². The van der Waals surface area contributed by atoms with E-state index in [1.807, 2.05) is 0 Å². The molecule has 0 unspecified atom stereocenters. The number of nitrogens with zero attached hydrogens (tertiary/aromatic N) is 1. The molecule has 1 aromatic carbocycles. The van der Waals surface area contributed by atoms with Crippen molar-refractivity contribution in [2.24, 2.45) is 0 Å². The van der Waals surface area contributed by atoms with Gasteiger partial charge in [0.25, 0.3) is 0 Å². The molecule has 1 aliphatic heterocycles. The molecule has 3 nitrogen and oxygen atoms in total. The molecule has 1 heterocycles. The summed E-state index contributed by atoms with van der Waals surface area (Å²) in [4.78, 5) is 2.39. The Morgan fingerprint density at radius 3 is 1.97 bits per heavy atom. The first-order valence-corrected chi connectivity index (χ1v) is 10.1. The molecule has 1 aromatic rings. The molecular weight excluding hydrogens is 416 g/mol. The lowest BCUT2D eigenvalue weighted by atomic mass is 9.89. The number of hydrogen-bond acceptors (Lipinski definition) is 2. The van der Waals surface area contributed by atoms with E-state index in [0.29, 0.717) is 12.1 Å². The first-order chi connectivity index (χ1) is 13.5. The van der Waals surface area contributed by atoms with Gasteiger partial charge in [0.1, 0.15) is 0 Å². The quantitative estimate of drug-likeness (QED) is 0.486. The van der Waals surface area contributed by atoms with Crippen LogP contribution in [0.5, 0.6) is 0 Å². The van der Waals surface area contributed by atoms with Gasteiger partial charge in [0.05, 0.1) is 11.1 Å². The van der Waals surface area contributed by atoms with Crippen molar-refractivity contribution in [3.8, 4) is 0 Å². The third-order valence-electron chi connectivity index (χ3n) is 5.50. The normalized spacial score (nSPS) is 23.8. The van der Waals surface area contributed by atoms with Crippen LogP contribution in [-0.2, 0) is 12.4 Å². The summed E-state index contributed by atoms with van der Waals surface area (Å²) in [6.45, 7) is 2.01. The van der Waals surface area contributed by atoms with Crippen molar-refractivity contribution in [1.29, 1.82) is 0 Å². The second-order valence-corrected chi connectivity index (χ2v) is 8.00. The van der Waals surface area contributed by atoms with Crippen molar-refractivity contribution in [3.63, 3.8) is 0 Å². The number of rotatable bonds is 3. The molecule has 2 fully saturated rings. The fourth-order valence-electron chi connectivity index (χ4n) is 4.15. The highest BCUT2D eigenvalue weighted by molar-refractivity contribution is 7.80. The highest BCUT2D eigenvalue weighted by Crippen LogP contribution is 2.37. The van der Waals surface area contributed by atoms with Gasteiger partial charge in [-0.15, -0.1) is 0 Å². The van der Waals surface area contributed by atoms with E-state index in [1.54, 1.807) is 0 Å². The molecule has 2 atom stereocenters. The van der Waals surface area contributed by atoms with Gasteiger partial charge in [-0.25, -0.2) is 0 Å². The fourth-order valence-corrected chi connectivity index (χ4v) is 4.42. The number of halogens is 6. The molecule has 0 spiro atoms. The summed E-state index contributed by atoms with van der Waals surface area (Å²) in [6, 6.07) is 1.68. The lowest BCUT2D eigenvalue weighted by Gasteiger charge is -2.38. The average molecular weight is 439 g/mol. The van der Waals surface area contributed by atoms with Crippen molar-refractivity contribution in [2.75, 3.05) is 18.4 Å². The maximum absolute atomic E-state index is 13.0. The minimum Gasteiger partial charge on any atom is -0.358 e. The maximum atomic E-state index is 13.0. The standard InChI is InChI=1S/C19H23F6N3S/c20-18(21,22)12-9-13(19(23,24)25)11-14(10-12)26-17(29)27-15-5-1-2-6-16(15)28-7-3-4-8-28/h9-11,15-16H,1-8H2,(H2,26,27,29)/t15-,16-/m1/s1. The molecule has 0 radical (unpaired) electrons. The van der Waals surface area contributed by atoms with Gasteiger partial charge >= 0.3 is 12.4 Å². The molecule has 1 aliphatic carbocycles. The van der Waals surface area contributed by atoms with Crippen LogP contribution < -0.4 is 10.6 Å². The molecule has 0 amide bonds. The number of nitrogens with one attached hydrogen (secondary N) is 2. The summed E-state index contributed by atoms with van der Waals surface area (Å²) in [5, 5.41) is 5.69. The molecule has 1 saturated carbocycles. The molecular formula is C19H23F6N3S. The summed E-state index contributed by atoms with van der Waals surface area (Å²) in [6.07, 6.45) is -3.55. The molecule has 0 bridgehead atoms. The van der Waals surface area contributed by atoms with Crippen molar-refractivity contribution >= 4 is 23.0 Å². The van der Waals surface area contributed by atoms with Crippen molar-refractivity contribution in [1.82, 2.24) is 10.2 Å². The van der Waals surface area contributed by atoms with Crippen LogP contribution >= 0.6 is 12.2 Å². The molecule has 29 heavy (non-hydrogen) atoms. The van der Waals surface area contributed by atoms with Crippen LogP contribution in [0.2, 0.25) is 0 Å². The first kappa shape index (κ1) is 22.1. The van der Waals surface area contributed by atoms with Gasteiger partial charge in [-0.3, -0.25) is 4.90 Å². The van der Waals surface area contributed by atoms with Gasteiger partial charge < -0.3 is 10.6 Å². The molecule has 10 heteroatoms. The first-order valence-electron chi connectivity index (χ1n) is 9.65. The highest BCUT2D eigenvalue weighted by Gasteiger charge is 2.37. The van der Waals surface area contributed by atoms with Crippen molar-refractivity contribution in [2.45, 2.75) is 63.0 Å². The third kappa shape index (κ3) is 5.75. The van der Waals surface area contributed by atoms with E-state index < -0.39 is 23.5 Å². The number of alkyl halides is 6. The van der Waals surface area contributed by atoms with E-state index in [9.17, 15) is 26.3 Å². The van der Waals surface area contributed by atoms with Gasteiger partial charge in [-0.2, -0.15) is 26.3 Å². The van der Waals surface area contributed by atoms with E-state index in [0.717, 1.165) is 51.6 Å². The second-order valence-electron chi connectivity index (χ2n) is 7.59.